The van der Waals surface area contributed by atoms with Crippen molar-refractivity contribution in [1.29, 1.82) is 0 Å². The highest BCUT2D eigenvalue weighted by atomic mass is 127. The van der Waals surface area contributed by atoms with Gasteiger partial charge in [0.05, 0.1) is 5.02 Å². The Hall–Kier alpha value is -1.14. The standard InChI is InChI=1S/C15H13ClINO2/c16-13-7-10(8-14-15(13)20-6-5-19-14)9-18-12-3-1-11(17)2-4-12/h1-4,7-8,18H,5-6,9H2. The molecule has 2 aromatic carbocycles. The monoisotopic (exact) mass is 401 g/mol. The highest BCUT2D eigenvalue weighted by Crippen LogP contribution is 2.38. The molecule has 0 atom stereocenters. The van der Waals surface area contributed by atoms with Gasteiger partial charge in [0.2, 0.25) is 0 Å². The molecule has 0 bridgehead atoms. The summed E-state index contributed by atoms with van der Waals surface area (Å²) in [5.74, 6) is 1.37. The van der Waals surface area contributed by atoms with Crippen LogP contribution in [-0.2, 0) is 6.54 Å². The van der Waals surface area contributed by atoms with Gasteiger partial charge in [-0.1, -0.05) is 11.6 Å². The summed E-state index contributed by atoms with van der Waals surface area (Å²) in [6, 6.07) is 12.1. The SMILES string of the molecule is Clc1cc(CNc2ccc(I)cc2)cc2c1OCCO2. The fourth-order valence-electron chi connectivity index (χ4n) is 2.04. The van der Waals surface area contributed by atoms with Gasteiger partial charge in [0.15, 0.2) is 11.5 Å². The van der Waals surface area contributed by atoms with E-state index in [0.29, 0.717) is 30.5 Å². The molecule has 0 fully saturated rings. The molecule has 0 aromatic heterocycles. The van der Waals surface area contributed by atoms with E-state index < -0.39 is 0 Å². The second kappa shape index (κ2) is 6.10. The van der Waals surface area contributed by atoms with Crippen molar-refractivity contribution < 1.29 is 9.47 Å². The first-order valence-electron chi connectivity index (χ1n) is 6.30. The minimum absolute atomic E-state index is 0.549. The van der Waals surface area contributed by atoms with Crippen molar-refractivity contribution in [2.24, 2.45) is 0 Å². The minimum atomic E-state index is 0.549. The van der Waals surface area contributed by atoms with Crippen molar-refractivity contribution in [3.63, 3.8) is 0 Å². The highest BCUT2D eigenvalue weighted by Gasteiger charge is 2.16. The van der Waals surface area contributed by atoms with Crippen LogP contribution >= 0.6 is 34.2 Å². The number of rotatable bonds is 3. The molecule has 1 aliphatic rings. The number of hydrogen-bond donors (Lipinski definition) is 1. The third-order valence-electron chi connectivity index (χ3n) is 3.00. The number of nitrogens with one attached hydrogen (secondary N) is 1. The summed E-state index contributed by atoms with van der Waals surface area (Å²) in [5, 5.41) is 3.96. The van der Waals surface area contributed by atoms with E-state index in [2.05, 4.69) is 52.2 Å². The predicted molar refractivity (Wildman–Crippen MR) is 88.9 cm³/mol. The van der Waals surface area contributed by atoms with Crippen LogP contribution in [0.2, 0.25) is 5.02 Å². The normalized spacial score (nSPS) is 13.1. The highest BCUT2D eigenvalue weighted by molar-refractivity contribution is 14.1. The van der Waals surface area contributed by atoms with Gasteiger partial charge in [-0.25, -0.2) is 0 Å². The van der Waals surface area contributed by atoms with E-state index >= 15 is 0 Å². The fraction of sp³-hybridized carbons (Fsp3) is 0.200. The van der Waals surface area contributed by atoms with Crippen molar-refractivity contribution in [1.82, 2.24) is 0 Å². The lowest BCUT2D eigenvalue weighted by Gasteiger charge is -2.20. The molecule has 1 N–H and O–H groups in total. The molecular formula is C15H13ClINO2. The van der Waals surface area contributed by atoms with Crippen LogP contribution in [0.5, 0.6) is 11.5 Å². The van der Waals surface area contributed by atoms with Crippen molar-refractivity contribution in [2.45, 2.75) is 6.54 Å². The lowest BCUT2D eigenvalue weighted by Crippen LogP contribution is -2.16. The van der Waals surface area contributed by atoms with E-state index in [0.717, 1.165) is 17.0 Å². The summed E-state index contributed by atoms with van der Waals surface area (Å²) in [4.78, 5) is 0. The largest absolute Gasteiger partial charge is 0.486 e. The lowest BCUT2D eigenvalue weighted by molar-refractivity contribution is 0.171. The Morgan fingerprint density at radius 2 is 1.85 bits per heavy atom. The summed E-state index contributed by atoms with van der Waals surface area (Å²) in [5.41, 5.74) is 2.15. The Morgan fingerprint density at radius 1 is 1.10 bits per heavy atom. The van der Waals surface area contributed by atoms with E-state index in [-0.39, 0.29) is 0 Å². The minimum Gasteiger partial charge on any atom is -0.486 e. The van der Waals surface area contributed by atoms with E-state index in [9.17, 15) is 0 Å². The smallest absolute Gasteiger partial charge is 0.179 e. The number of ether oxygens (including phenoxy) is 2. The van der Waals surface area contributed by atoms with Gasteiger partial charge in [0.1, 0.15) is 13.2 Å². The summed E-state index contributed by atoms with van der Waals surface area (Å²) in [6.45, 7) is 1.81. The van der Waals surface area contributed by atoms with Crippen LogP contribution in [0.25, 0.3) is 0 Å². The van der Waals surface area contributed by atoms with Crippen LogP contribution < -0.4 is 14.8 Å². The first-order valence-corrected chi connectivity index (χ1v) is 7.75. The Balaban J connectivity index is 1.74. The lowest BCUT2D eigenvalue weighted by atomic mass is 10.2. The molecule has 5 heteroatoms. The summed E-state index contributed by atoms with van der Waals surface area (Å²) in [6.07, 6.45) is 0. The molecule has 3 rings (SSSR count). The molecule has 0 aliphatic carbocycles. The second-order valence-electron chi connectivity index (χ2n) is 4.46. The molecule has 20 heavy (non-hydrogen) atoms. The molecule has 3 nitrogen and oxygen atoms in total. The summed E-state index contributed by atoms with van der Waals surface area (Å²) in [7, 11) is 0. The van der Waals surface area contributed by atoms with Gasteiger partial charge in [-0.15, -0.1) is 0 Å². The molecule has 0 amide bonds. The van der Waals surface area contributed by atoms with Crippen molar-refractivity contribution >= 4 is 39.9 Å². The Bertz CT molecular complexity index is 616. The summed E-state index contributed by atoms with van der Waals surface area (Å²) >= 11 is 8.50. The van der Waals surface area contributed by atoms with Gasteiger partial charge in [-0.3, -0.25) is 0 Å². The number of benzene rings is 2. The number of hydrogen-bond acceptors (Lipinski definition) is 3. The Morgan fingerprint density at radius 3 is 2.65 bits per heavy atom. The number of halogens is 2. The molecule has 1 heterocycles. The molecule has 104 valence electrons. The van der Waals surface area contributed by atoms with Crippen molar-refractivity contribution in [3.8, 4) is 11.5 Å². The van der Waals surface area contributed by atoms with Gasteiger partial charge in [0.25, 0.3) is 0 Å². The average Bonchev–Trinajstić information content (AvgIpc) is 2.47. The van der Waals surface area contributed by atoms with Crippen molar-refractivity contribution in [2.75, 3.05) is 18.5 Å². The van der Waals surface area contributed by atoms with Crippen LogP contribution in [0, 0.1) is 3.57 Å². The first-order chi connectivity index (χ1) is 9.72. The number of anilines is 1. The van der Waals surface area contributed by atoms with Crippen LogP contribution in [0.4, 0.5) is 5.69 Å². The third kappa shape index (κ3) is 3.12. The maximum Gasteiger partial charge on any atom is 0.179 e. The van der Waals surface area contributed by atoms with E-state index in [1.807, 2.05) is 12.1 Å². The van der Waals surface area contributed by atoms with Gasteiger partial charge in [-0.05, 0) is 64.6 Å². The van der Waals surface area contributed by atoms with Crippen LogP contribution in [0.3, 0.4) is 0 Å². The van der Waals surface area contributed by atoms with Gasteiger partial charge in [0, 0.05) is 15.8 Å². The van der Waals surface area contributed by atoms with E-state index in [1.54, 1.807) is 0 Å². The molecule has 0 spiro atoms. The zero-order chi connectivity index (χ0) is 13.9. The quantitative estimate of drug-likeness (QED) is 0.777. The summed E-state index contributed by atoms with van der Waals surface area (Å²) < 4.78 is 12.3. The van der Waals surface area contributed by atoms with Crippen LogP contribution in [0.1, 0.15) is 5.56 Å². The van der Waals surface area contributed by atoms with Crippen LogP contribution in [-0.4, -0.2) is 13.2 Å². The first kappa shape index (κ1) is 13.8. The molecule has 0 saturated carbocycles. The van der Waals surface area contributed by atoms with Crippen LogP contribution in [0.15, 0.2) is 36.4 Å². The maximum absolute atomic E-state index is 6.22. The topological polar surface area (TPSA) is 30.5 Å². The zero-order valence-corrected chi connectivity index (χ0v) is 13.6. The van der Waals surface area contributed by atoms with E-state index in [1.165, 1.54) is 3.57 Å². The fourth-order valence-corrected chi connectivity index (χ4v) is 2.69. The average molecular weight is 402 g/mol. The third-order valence-corrected chi connectivity index (χ3v) is 4.00. The van der Waals surface area contributed by atoms with Gasteiger partial charge >= 0.3 is 0 Å². The second-order valence-corrected chi connectivity index (χ2v) is 6.12. The molecular weight excluding hydrogens is 389 g/mol. The molecule has 0 unspecified atom stereocenters. The zero-order valence-electron chi connectivity index (χ0n) is 10.7. The van der Waals surface area contributed by atoms with Crippen molar-refractivity contribution in [3.05, 3.63) is 50.6 Å². The van der Waals surface area contributed by atoms with E-state index in [4.69, 9.17) is 21.1 Å². The molecule has 1 aliphatic heterocycles. The Labute approximate surface area is 136 Å². The molecule has 0 radical (unpaired) electrons. The Kier molecular flexibility index (Phi) is 4.21. The maximum atomic E-state index is 6.22. The number of fused-ring (bicyclic) bond motifs is 1. The van der Waals surface area contributed by atoms with Gasteiger partial charge in [-0.2, -0.15) is 0 Å². The molecule has 0 saturated heterocycles. The predicted octanol–water partition coefficient (Wildman–Crippen LogP) is 4.33. The van der Waals surface area contributed by atoms with Gasteiger partial charge < -0.3 is 14.8 Å². The molecule has 2 aromatic rings.